The number of fused-ring (bicyclic) bond motifs is 1. The van der Waals surface area contributed by atoms with Gasteiger partial charge in [-0.2, -0.15) is 0 Å². The van der Waals surface area contributed by atoms with Crippen molar-refractivity contribution in [3.8, 4) is 5.75 Å². The van der Waals surface area contributed by atoms with Gasteiger partial charge >= 0.3 is 0 Å². The molecule has 14 heavy (non-hydrogen) atoms. The molecule has 1 unspecified atom stereocenters. The van der Waals surface area contributed by atoms with Gasteiger partial charge in [-0.05, 0) is 31.2 Å². The summed E-state index contributed by atoms with van der Waals surface area (Å²) in [6.45, 7) is 1.34. The van der Waals surface area contributed by atoms with E-state index in [2.05, 4.69) is 5.32 Å². The summed E-state index contributed by atoms with van der Waals surface area (Å²) in [7, 11) is 0. The number of ether oxygens (including phenoxy) is 1. The van der Waals surface area contributed by atoms with Gasteiger partial charge in [-0.3, -0.25) is 0 Å². The average Bonchev–Trinajstić information content (AvgIpc) is 2.17. The summed E-state index contributed by atoms with van der Waals surface area (Å²) in [5.74, 6) is 0.864. The SMILES string of the molecule is NCCC1COc2ccc(Cl)cc2N1. The van der Waals surface area contributed by atoms with Gasteiger partial charge in [0, 0.05) is 5.02 Å². The fourth-order valence-electron chi connectivity index (χ4n) is 1.55. The van der Waals surface area contributed by atoms with Crippen LogP contribution in [0.25, 0.3) is 0 Å². The number of nitrogens with two attached hydrogens (primary N) is 1. The van der Waals surface area contributed by atoms with Gasteiger partial charge in [0.15, 0.2) is 0 Å². The van der Waals surface area contributed by atoms with Crippen molar-refractivity contribution >= 4 is 17.3 Å². The first-order valence-corrected chi connectivity index (χ1v) is 5.06. The maximum Gasteiger partial charge on any atom is 0.142 e. The zero-order chi connectivity index (χ0) is 9.97. The van der Waals surface area contributed by atoms with Crippen LogP contribution in [0.15, 0.2) is 18.2 Å². The van der Waals surface area contributed by atoms with E-state index in [0.29, 0.717) is 24.2 Å². The van der Waals surface area contributed by atoms with Crippen molar-refractivity contribution in [1.29, 1.82) is 0 Å². The first kappa shape index (κ1) is 9.62. The predicted octanol–water partition coefficient (Wildman–Crippen LogP) is 1.86. The zero-order valence-corrected chi connectivity index (χ0v) is 8.55. The van der Waals surface area contributed by atoms with Crippen LogP contribution in [-0.2, 0) is 0 Å². The number of hydrogen-bond donors (Lipinski definition) is 2. The molecule has 4 heteroatoms. The molecule has 0 aliphatic carbocycles. The Kier molecular flexibility index (Phi) is 2.79. The lowest BCUT2D eigenvalue weighted by Crippen LogP contribution is -2.33. The van der Waals surface area contributed by atoms with Crippen LogP contribution in [-0.4, -0.2) is 19.2 Å². The Morgan fingerprint density at radius 1 is 1.57 bits per heavy atom. The molecule has 0 saturated carbocycles. The van der Waals surface area contributed by atoms with E-state index in [9.17, 15) is 0 Å². The molecule has 0 spiro atoms. The van der Waals surface area contributed by atoms with Gasteiger partial charge in [0.1, 0.15) is 12.4 Å². The minimum Gasteiger partial charge on any atom is -0.489 e. The van der Waals surface area contributed by atoms with Crippen LogP contribution >= 0.6 is 11.6 Å². The molecule has 1 aromatic carbocycles. The molecule has 3 nitrogen and oxygen atoms in total. The Morgan fingerprint density at radius 2 is 2.43 bits per heavy atom. The summed E-state index contributed by atoms with van der Waals surface area (Å²) in [6, 6.07) is 5.87. The molecule has 2 rings (SSSR count). The maximum absolute atomic E-state index is 5.88. The van der Waals surface area contributed by atoms with Crippen molar-refractivity contribution in [2.45, 2.75) is 12.5 Å². The quantitative estimate of drug-likeness (QED) is 0.787. The van der Waals surface area contributed by atoms with E-state index < -0.39 is 0 Å². The highest BCUT2D eigenvalue weighted by Crippen LogP contribution is 2.31. The second-order valence-corrected chi connectivity index (χ2v) is 3.81. The van der Waals surface area contributed by atoms with Gasteiger partial charge in [-0.25, -0.2) is 0 Å². The highest BCUT2D eigenvalue weighted by atomic mass is 35.5. The number of nitrogens with one attached hydrogen (secondary N) is 1. The Morgan fingerprint density at radius 3 is 3.21 bits per heavy atom. The summed E-state index contributed by atoms with van der Waals surface area (Å²) >= 11 is 5.88. The molecule has 0 bridgehead atoms. The minimum absolute atomic E-state index is 0.297. The topological polar surface area (TPSA) is 47.3 Å². The maximum atomic E-state index is 5.88. The molecule has 1 aliphatic heterocycles. The van der Waals surface area contributed by atoms with Gasteiger partial charge in [0.05, 0.1) is 11.7 Å². The molecule has 1 aromatic rings. The van der Waals surface area contributed by atoms with Crippen LogP contribution in [0.2, 0.25) is 5.02 Å². The highest BCUT2D eigenvalue weighted by molar-refractivity contribution is 6.30. The molecule has 0 amide bonds. The highest BCUT2D eigenvalue weighted by Gasteiger charge is 2.17. The lowest BCUT2D eigenvalue weighted by atomic mass is 10.1. The van der Waals surface area contributed by atoms with Gasteiger partial charge < -0.3 is 15.8 Å². The number of benzene rings is 1. The molecular weight excluding hydrogens is 200 g/mol. The van der Waals surface area contributed by atoms with Crippen LogP contribution in [0.5, 0.6) is 5.75 Å². The molecule has 0 aromatic heterocycles. The van der Waals surface area contributed by atoms with Crippen LogP contribution in [0.4, 0.5) is 5.69 Å². The third-order valence-corrected chi connectivity index (χ3v) is 2.49. The van der Waals surface area contributed by atoms with Crippen molar-refractivity contribution in [3.63, 3.8) is 0 Å². The van der Waals surface area contributed by atoms with Gasteiger partial charge in [-0.15, -0.1) is 0 Å². The molecule has 1 heterocycles. The normalized spacial score (nSPS) is 19.4. The molecule has 76 valence electrons. The second-order valence-electron chi connectivity index (χ2n) is 3.37. The van der Waals surface area contributed by atoms with Crippen molar-refractivity contribution in [2.24, 2.45) is 5.73 Å². The first-order valence-electron chi connectivity index (χ1n) is 4.68. The van der Waals surface area contributed by atoms with E-state index in [-0.39, 0.29) is 0 Å². The Bertz CT molecular complexity index is 330. The fourth-order valence-corrected chi connectivity index (χ4v) is 1.72. The van der Waals surface area contributed by atoms with Gasteiger partial charge in [0.2, 0.25) is 0 Å². The Labute approximate surface area is 88.2 Å². The van der Waals surface area contributed by atoms with E-state index >= 15 is 0 Å². The lowest BCUT2D eigenvalue weighted by molar-refractivity contribution is 0.280. The Hall–Kier alpha value is -0.930. The molecule has 1 aliphatic rings. The summed E-state index contributed by atoms with van der Waals surface area (Å²) in [5.41, 5.74) is 6.45. The van der Waals surface area contributed by atoms with Crippen molar-refractivity contribution in [2.75, 3.05) is 18.5 Å². The van der Waals surface area contributed by atoms with Gasteiger partial charge in [-0.1, -0.05) is 11.6 Å². The van der Waals surface area contributed by atoms with Crippen LogP contribution in [0, 0.1) is 0 Å². The van der Waals surface area contributed by atoms with E-state index in [1.165, 1.54) is 0 Å². The van der Waals surface area contributed by atoms with Crippen molar-refractivity contribution in [3.05, 3.63) is 23.2 Å². The van der Waals surface area contributed by atoms with E-state index in [1.807, 2.05) is 18.2 Å². The lowest BCUT2D eigenvalue weighted by Gasteiger charge is -2.27. The van der Waals surface area contributed by atoms with E-state index in [0.717, 1.165) is 17.9 Å². The first-order chi connectivity index (χ1) is 6.79. The standard InChI is InChI=1S/C10H13ClN2O/c11-7-1-2-10-9(5-7)13-8(3-4-12)6-14-10/h1-2,5,8,13H,3-4,6,12H2. The second kappa shape index (κ2) is 4.07. The fraction of sp³-hybridized carbons (Fsp3) is 0.400. The third kappa shape index (κ3) is 1.94. The van der Waals surface area contributed by atoms with Crippen molar-refractivity contribution < 1.29 is 4.74 Å². The third-order valence-electron chi connectivity index (χ3n) is 2.26. The predicted molar refractivity (Wildman–Crippen MR) is 58.0 cm³/mol. The summed E-state index contributed by atoms with van der Waals surface area (Å²) in [4.78, 5) is 0. The average molecular weight is 213 g/mol. The summed E-state index contributed by atoms with van der Waals surface area (Å²) in [6.07, 6.45) is 0.909. The zero-order valence-electron chi connectivity index (χ0n) is 7.79. The van der Waals surface area contributed by atoms with E-state index in [1.54, 1.807) is 0 Å². The molecule has 3 N–H and O–H groups in total. The van der Waals surface area contributed by atoms with Crippen LogP contribution in [0.1, 0.15) is 6.42 Å². The molecule has 1 atom stereocenters. The molecule has 0 saturated heterocycles. The molecule has 0 radical (unpaired) electrons. The molecular formula is C10H13ClN2O. The minimum atomic E-state index is 0.297. The summed E-state index contributed by atoms with van der Waals surface area (Å²) in [5, 5.41) is 4.07. The Balaban J connectivity index is 2.16. The van der Waals surface area contributed by atoms with Crippen LogP contribution < -0.4 is 15.8 Å². The van der Waals surface area contributed by atoms with Gasteiger partial charge in [0.25, 0.3) is 0 Å². The molecule has 0 fully saturated rings. The monoisotopic (exact) mass is 212 g/mol. The van der Waals surface area contributed by atoms with Crippen LogP contribution in [0.3, 0.4) is 0 Å². The number of rotatable bonds is 2. The summed E-state index contributed by atoms with van der Waals surface area (Å²) < 4.78 is 5.57. The number of anilines is 1. The van der Waals surface area contributed by atoms with E-state index in [4.69, 9.17) is 22.1 Å². The van der Waals surface area contributed by atoms with Crippen molar-refractivity contribution in [1.82, 2.24) is 0 Å². The number of halogens is 1. The smallest absolute Gasteiger partial charge is 0.142 e. The number of hydrogen-bond acceptors (Lipinski definition) is 3. The largest absolute Gasteiger partial charge is 0.489 e.